The number of piperidine rings is 1. The van der Waals surface area contributed by atoms with Crippen LogP contribution in [0, 0.1) is 11.3 Å². The van der Waals surface area contributed by atoms with Crippen molar-refractivity contribution in [3.05, 3.63) is 59.5 Å². The van der Waals surface area contributed by atoms with Crippen LogP contribution < -0.4 is 15.4 Å². The molecule has 1 saturated carbocycles. The van der Waals surface area contributed by atoms with E-state index in [2.05, 4.69) is 20.7 Å². The first kappa shape index (κ1) is 32.0. The van der Waals surface area contributed by atoms with Gasteiger partial charge in [-0.25, -0.2) is 31.9 Å². The molecular formula is C30H33F4N5O6. The molecule has 0 spiro atoms. The van der Waals surface area contributed by atoms with Crippen molar-refractivity contribution in [2.75, 3.05) is 20.8 Å². The molecule has 1 aliphatic carbocycles. The SMILES string of the molecule is COC(=O)C1(Cc2nn3cc([C@@H](NC(=O)OCc4ccccc4)C4CCC(F)(F)CC4)nc3cc2OC)CC(F)(F)CNC1=O. The highest BCUT2D eigenvalue weighted by Gasteiger charge is 2.57. The van der Waals surface area contributed by atoms with Gasteiger partial charge in [0.05, 0.1) is 38.7 Å². The number of carbonyl (C=O) groups is 3. The van der Waals surface area contributed by atoms with E-state index in [-0.39, 0.29) is 49.4 Å². The molecule has 5 rings (SSSR count). The van der Waals surface area contributed by atoms with E-state index in [9.17, 15) is 31.9 Å². The van der Waals surface area contributed by atoms with Crippen LogP contribution in [0.4, 0.5) is 22.4 Å². The Kier molecular flexibility index (Phi) is 8.90. The fraction of sp³-hybridized carbons (Fsp3) is 0.500. The van der Waals surface area contributed by atoms with E-state index in [1.807, 2.05) is 6.07 Å². The van der Waals surface area contributed by atoms with Gasteiger partial charge in [-0.3, -0.25) is 9.59 Å². The molecule has 1 aliphatic heterocycles. The molecule has 2 fully saturated rings. The summed E-state index contributed by atoms with van der Waals surface area (Å²) in [6, 6.07) is 9.61. The molecule has 3 aromatic rings. The highest BCUT2D eigenvalue weighted by atomic mass is 19.3. The first-order valence-electron chi connectivity index (χ1n) is 14.4. The van der Waals surface area contributed by atoms with Gasteiger partial charge in [0, 0.05) is 31.7 Å². The van der Waals surface area contributed by atoms with Crippen molar-refractivity contribution in [1.29, 1.82) is 0 Å². The van der Waals surface area contributed by atoms with Gasteiger partial charge in [-0.1, -0.05) is 30.3 Å². The van der Waals surface area contributed by atoms with E-state index in [0.717, 1.165) is 12.7 Å². The van der Waals surface area contributed by atoms with Crippen molar-refractivity contribution < 1.29 is 46.2 Å². The number of hydrogen-bond acceptors (Lipinski definition) is 8. The smallest absolute Gasteiger partial charge is 0.408 e. The number of methoxy groups -OCH3 is 2. The third-order valence-electron chi connectivity index (χ3n) is 8.31. The van der Waals surface area contributed by atoms with Gasteiger partial charge in [0.1, 0.15) is 18.1 Å². The molecule has 3 heterocycles. The highest BCUT2D eigenvalue weighted by molar-refractivity contribution is 6.03. The summed E-state index contributed by atoms with van der Waals surface area (Å²) in [5.41, 5.74) is -1.02. The number of aromatic nitrogens is 3. The van der Waals surface area contributed by atoms with Crippen molar-refractivity contribution in [1.82, 2.24) is 25.2 Å². The fourth-order valence-corrected chi connectivity index (χ4v) is 5.96. The Morgan fingerprint density at radius 2 is 1.82 bits per heavy atom. The zero-order chi connectivity index (χ0) is 32.4. The number of alkyl halides is 4. The number of imidazole rings is 1. The number of nitrogens with one attached hydrogen (secondary N) is 2. The molecule has 0 radical (unpaired) electrons. The molecule has 1 saturated heterocycles. The second-order valence-electron chi connectivity index (χ2n) is 11.5. The lowest BCUT2D eigenvalue weighted by Crippen LogP contribution is -2.59. The van der Waals surface area contributed by atoms with Gasteiger partial charge in [0.15, 0.2) is 11.1 Å². The topological polar surface area (TPSA) is 133 Å². The van der Waals surface area contributed by atoms with E-state index in [0.29, 0.717) is 5.69 Å². The first-order chi connectivity index (χ1) is 21.3. The summed E-state index contributed by atoms with van der Waals surface area (Å²) in [7, 11) is 2.30. The van der Waals surface area contributed by atoms with E-state index < -0.39 is 66.6 Å². The number of benzene rings is 1. The van der Waals surface area contributed by atoms with Gasteiger partial charge in [0.25, 0.3) is 5.92 Å². The lowest BCUT2D eigenvalue weighted by molar-refractivity contribution is -0.172. The predicted molar refractivity (Wildman–Crippen MR) is 150 cm³/mol. The van der Waals surface area contributed by atoms with Crippen molar-refractivity contribution in [3.63, 3.8) is 0 Å². The van der Waals surface area contributed by atoms with E-state index in [1.165, 1.54) is 23.9 Å². The van der Waals surface area contributed by atoms with Crippen LogP contribution in [0.1, 0.15) is 55.1 Å². The van der Waals surface area contributed by atoms with Gasteiger partial charge in [-0.15, -0.1) is 0 Å². The van der Waals surface area contributed by atoms with Crippen LogP contribution in [0.2, 0.25) is 0 Å². The minimum Gasteiger partial charge on any atom is -0.495 e. The van der Waals surface area contributed by atoms with Gasteiger partial charge in [-0.05, 0) is 24.3 Å². The number of rotatable bonds is 9. The number of alkyl carbamates (subject to hydrolysis) is 1. The number of amides is 2. The number of carbonyl (C=O) groups excluding carboxylic acids is 3. The van der Waals surface area contributed by atoms with Crippen LogP contribution >= 0.6 is 0 Å². The quantitative estimate of drug-likeness (QED) is 0.201. The van der Waals surface area contributed by atoms with Crippen molar-refractivity contribution in [2.24, 2.45) is 11.3 Å². The van der Waals surface area contributed by atoms with Gasteiger partial charge in [-0.2, -0.15) is 5.10 Å². The van der Waals surface area contributed by atoms with Crippen LogP contribution in [0.15, 0.2) is 42.6 Å². The average molecular weight is 636 g/mol. The molecule has 11 nitrogen and oxygen atoms in total. The monoisotopic (exact) mass is 635 g/mol. The number of esters is 1. The van der Waals surface area contributed by atoms with Crippen LogP contribution in [0.5, 0.6) is 5.75 Å². The van der Waals surface area contributed by atoms with Crippen LogP contribution in [0.25, 0.3) is 5.65 Å². The average Bonchev–Trinajstić information content (AvgIpc) is 3.43. The molecule has 2 aliphatic rings. The van der Waals surface area contributed by atoms with Crippen molar-refractivity contribution >= 4 is 23.6 Å². The zero-order valence-electron chi connectivity index (χ0n) is 24.7. The molecule has 2 aromatic heterocycles. The molecule has 45 heavy (non-hydrogen) atoms. The van der Waals surface area contributed by atoms with Crippen LogP contribution in [-0.2, 0) is 32.1 Å². The number of halogens is 4. The number of nitrogens with zero attached hydrogens (tertiary/aromatic N) is 3. The normalized spacial score (nSPS) is 21.9. The zero-order valence-corrected chi connectivity index (χ0v) is 24.7. The fourth-order valence-electron chi connectivity index (χ4n) is 5.96. The molecule has 15 heteroatoms. The highest BCUT2D eigenvalue weighted by Crippen LogP contribution is 2.43. The maximum atomic E-state index is 14.5. The van der Waals surface area contributed by atoms with Crippen LogP contribution in [0.3, 0.4) is 0 Å². The lowest BCUT2D eigenvalue weighted by atomic mass is 9.74. The summed E-state index contributed by atoms with van der Waals surface area (Å²) in [5, 5.41) is 9.31. The summed E-state index contributed by atoms with van der Waals surface area (Å²) in [5.74, 6) is -8.61. The summed E-state index contributed by atoms with van der Waals surface area (Å²) in [6.07, 6.45) is -1.48. The molecule has 2 N–H and O–H groups in total. The summed E-state index contributed by atoms with van der Waals surface area (Å²) >= 11 is 0. The van der Waals surface area contributed by atoms with Gasteiger partial charge < -0.3 is 24.8 Å². The number of hydrogen-bond donors (Lipinski definition) is 2. The largest absolute Gasteiger partial charge is 0.495 e. The van der Waals surface area contributed by atoms with E-state index >= 15 is 0 Å². The third-order valence-corrected chi connectivity index (χ3v) is 8.31. The van der Waals surface area contributed by atoms with Crippen molar-refractivity contribution in [3.8, 4) is 5.75 Å². The minimum absolute atomic E-state index is 0.00344. The predicted octanol–water partition coefficient (Wildman–Crippen LogP) is 4.39. The molecule has 2 amide bonds. The second-order valence-corrected chi connectivity index (χ2v) is 11.5. The van der Waals surface area contributed by atoms with E-state index in [4.69, 9.17) is 14.2 Å². The Morgan fingerprint density at radius 3 is 2.49 bits per heavy atom. The van der Waals surface area contributed by atoms with Gasteiger partial charge >= 0.3 is 12.1 Å². The Balaban J connectivity index is 1.46. The first-order valence-corrected chi connectivity index (χ1v) is 14.4. The molecule has 2 atom stereocenters. The Bertz CT molecular complexity index is 1550. The summed E-state index contributed by atoms with van der Waals surface area (Å²) < 4.78 is 73.9. The Labute approximate surface area is 255 Å². The van der Waals surface area contributed by atoms with Crippen LogP contribution in [-0.4, -0.2) is 65.2 Å². The maximum absolute atomic E-state index is 14.5. The molecule has 0 bridgehead atoms. The molecule has 1 unspecified atom stereocenters. The molecule has 1 aromatic carbocycles. The standard InChI is InChI=1S/C30H33F4N5O6/c1-43-22-12-23-36-21(14-39(23)38-20(22)13-28(26(41)44-2)16-30(33,34)17-35-25(28)40)24(19-8-10-29(31,32)11-9-19)37-27(42)45-15-18-6-4-3-5-7-18/h3-7,12,14,19,24H,8-11,13,15-17H2,1-2H3,(H,35,40)(H,37,42)/t24-,28?/m0/s1. The second kappa shape index (κ2) is 12.5. The van der Waals surface area contributed by atoms with Gasteiger partial charge in [0.2, 0.25) is 11.8 Å². The summed E-state index contributed by atoms with van der Waals surface area (Å²) in [6.45, 7) is -0.932. The summed E-state index contributed by atoms with van der Waals surface area (Å²) in [4.78, 5) is 43.1. The Hall–Kier alpha value is -4.43. The van der Waals surface area contributed by atoms with E-state index in [1.54, 1.807) is 24.3 Å². The Morgan fingerprint density at radius 1 is 1.11 bits per heavy atom. The minimum atomic E-state index is -3.38. The third kappa shape index (κ3) is 6.96. The lowest BCUT2D eigenvalue weighted by Gasteiger charge is -2.37. The number of ether oxygens (including phenoxy) is 3. The number of fused-ring (bicyclic) bond motifs is 1. The maximum Gasteiger partial charge on any atom is 0.408 e. The molecular weight excluding hydrogens is 602 g/mol. The molecule has 242 valence electrons. The van der Waals surface area contributed by atoms with Crippen molar-refractivity contribution in [2.45, 2.75) is 63.0 Å².